The molecule has 7 heteroatoms. The van der Waals surface area contributed by atoms with E-state index in [1.165, 1.54) is 0 Å². The number of hydrogen-bond donors (Lipinski definition) is 2. The highest BCUT2D eigenvalue weighted by molar-refractivity contribution is 7.18. The lowest BCUT2D eigenvalue weighted by molar-refractivity contribution is 0.645. The van der Waals surface area contributed by atoms with Gasteiger partial charge in [-0.3, -0.25) is 4.79 Å². The molecular weight excluding hydrogens is 286 g/mol. The summed E-state index contributed by atoms with van der Waals surface area (Å²) in [5.41, 5.74) is 1.80. The van der Waals surface area contributed by atoms with E-state index >= 15 is 0 Å². The van der Waals surface area contributed by atoms with E-state index in [0.717, 1.165) is 21.0 Å². The van der Waals surface area contributed by atoms with Crippen molar-refractivity contribution in [3.63, 3.8) is 0 Å². The maximum absolute atomic E-state index is 12.1. The second-order valence-electron chi connectivity index (χ2n) is 4.79. The fraction of sp³-hybridized carbons (Fsp3) is 0.286. The van der Waals surface area contributed by atoms with Crippen LogP contribution in [-0.4, -0.2) is 20.2 Å². The largest absolute Gasteiger partial charge is 0.309 e. The van der Waals surface area contributed by atoms with E-state index in [1.54, 1.807) is 17.5 Å². The van der Waals surface area contributed by atoms with Crippen LogP contribution in [0.25, 0.3) is 10.2 Å². The van der Waals surface area contributed by atoms with Crippen molar-refractivity contribution in [2.45, 2.75) is 26.9 Å². The van der Waals surface area contributed by atoms with Gasteiger partial charge in [0.05, 0.1) is 17.6 Å². The molecule has 0 saturated heterocycles. The van der Waals surface area contributed by atoms with Gasteiger partial charge < -0.3 is 10.3 Å². The van der Waals surface area contributed by atoms with Crippen LogP contribution in [-0.2, 0) is 13.1 Å². The van der Waals surface area contributed by atoms with Crippen LogP contribution in [0.2, 0.25) is 0 Å². The van der Waals surface area contributed by atoms with Crippen molar-refractivity contribution in [1.82, 2.24) is 25.5 Å². The Kier molecular flexibility index (Phi) is 3.76. The average Bonchev–Trinajstić information content (AvgIpc) is 2.75. The zero-order valence-electron chi connectivity index (χ0n) is 11.8. The fourth-order valence-electron chi connectivity index (χ4n) is 2.12. The lowest BCUT2D eigenvalue weighted by Gasteiger charge is -2.03. The van der Waals surface area contributed by atoms with Gasteiger partial charge in [-0.1, -0.05) is 0 Å². The molecule has 2 N–H and O–H groups in total. The van der Waals surface area contributed by atoms with Crippen molar-refractivity contribution in [2.24, 2.45) is 0 Å². The molecule has 0 bridgehead atoms. The molecule has 0 spiro atoms. The van der Waals surface area contributed by atoms with E-state index in [0.29, 0.717) is 24.3 Å². The Bertz CT molecular complexity index is 824. The Balaban J connectivity index is 1.77. The number of nitrogens with one attached hydrogen (secondary N) is 2. The summed E-state index contributed by atoms with van der Waals surface area (Å²) in [7, 11) is 0. The summed E-state index contributed by atoms with van der Waals surface area (Å²) < 4.78 is 0. The van der Waals surface area contributed by atoms with Gasteiger partial charge in [-0.05, 0) is 31.5 Å². The minimum atomic E-state index is -0.0712. The molecule has 0 fully saturated rings. The molecule has 3 aromatic heterocycles. The van der Waals surface area contributed by atoms with Crippen LogP contribution in [0.4, 0.5) is 0 Å². The monoisotopic (exact) mass is 301 g/mol. The van der Waals surface area contributed by atoms with Crippen LogP contribution < -0.4 is 10.9 Å². The average molecular weight is 301 g/mol. The van der Waals surface area contributed by atoms with Gasteiger partial charge in [0, 0.05) is 17.6 Å². The van der Waals surface area contributed by atoms with Crippen molar-refractivity contribution >= 4 is 21.6 Å². The summed E-state index contributed by atoms with van der Waals surface area (Å²) in [6.45, 7) is 5.03. The van der Waals surface area contributed by atoms with Crippen LogP contribution in [0, 0.1) is 13.8 Å². The Morgan fingerprint density at radius 1 is 1.33 bits per heavy atom. The molecule has 3 heterocycles. The van der Waals surface area contributed by atoms with Crippen LogP contribution in [0.5, 0.6) is 0 Å². The highest BCUT2D eigenvalue weighted by Crippen LogP contribution is 2.25. The molecule has 3 rings (SSSR count). The second kappa shape index (κ2) is 5.71. The molecule has 0 aliphatic heterocycles. The zero-order valence-corrected chi connectivity index (χ0v) is 12.6. The van der Waals surface area contributed by atoms with E-state index in [2.05, 4.69) is 25.5 Å². The van der Waals surface area contributed by atoms with Gasteiger partial charge in [0.1, 0.15) is 10.7 Å². The fourth-order valence-corrected chi connectivity index (χ4v) is 3.17. The molecule has 108 valence electrons. The number of aromatic amines is 1. The predicted octanol–water partition coefficient (Wildman–Crippen LogP) is 1.68. The first-order valence-corrected chi connectivity index (χ1v) is 7.43. The van der Waals surface area contributed by atoms with Gasteiger partial charge in [0.15, 0.2) is 0 Å². The standard InChI is InChI=1S/C14H15N5OS/c1-8-9(2)21-14-12(8)13(20)17-11(18-14)7-15-6-10-4-3-5-16-19-10/h3-5,15H,6-7H2,1-2H3,(H,17,18,20). The highest BCUT2D eigenvalue weighted by atomic mass is 32.1. The van der Waals surface area contributed by atoms with Gasteiger partial charge >= 0.3 is 0 Å². The summed E-state index contributed by atoms with van der Waals surface area (Å²) in [5, 5.41) is 11.7. The summed E-state index contributed by atoms with van der Waals surface area (Å²) in [4.78, 5) is 21.4. The third-order valence-electron chi connectivity index (χ3n) is 3.31. The third kappa shape index (κ3) is 2.84. The summed E-state index contributed by atoms with van der Waals surface area (Å²) in [6, 6.07) is 3.73. The molecule has 0 aliphatic carbocycles. The molecule has 0 saturated carbocycles. The number of H-pyrrole nitrogens is 1. The lowest BCUT2D eigenvalue weighted by atomic mass is 10.2. The molecular formula is C14H15N5OS. The molecule has 3 aromatic rings. The van der Waals surface area contributed by atoms with Gasteiger partial charge in [0.25, 0.3) is 5.56 Å². The van der Waals surface area contributed by atoms with Crippen LogP contribution >= 0.6 is 11.3 Å². The first-order valence-electron chi connectivity index (χ1n) is 6.61. The van der Waals surface area contributed by atoms with E-state index in [4.69, 9.17) is 0 Å². The SMILES string of the molecule is Cc1sc2nc(CNCc3cccnn3)[nH]c(=O)c2c1C. The maximum Gasteiger partial charge on any atom is 0.259 e. The molecule has 0 aliphatic rings. The van der Waals surface area contributed by atoms with Crippen LogP contribution in [0.15, 0.2) is 23.1 Å². The first-order chi connectivity index (χ1) is 10.1. The first kappa shape index (κ1) is 13.8. The number of rotatable bonds is 4. The lowest BCUT2D eigenvalue weighted by Crippen LogP contribution is -2.19. The third-order valence-corrected chi connectivity index (χ3v) is 4.42. The minimum absolute atomic E-state index is 0.0712. The second-order valence-corrected chi connectivity index (χ2v) is 6.00. The highest BCUT2D eigenvalue weighted by Gasteiger charge is 2.11. The normalized spacial score (nSPS) is 11.1. The van der Waals surface area contributed by atoms with Crippen molar-refractivity contribution in [3.05, 3.63) is 50.6 Å². The summed E-state index contributed by atoms with van der Waals surface area (Å²) >= 11 is 1.56. The van der Waals surface area contributed by atoms with Crippen molar-refractivity contribution in [3.8, 4) is 0 Å². The minimum Gasteiger partial charge on any atom is -0.309 e. The van der Waals surface area contributed by atoms with Gasteiger partial charge in [0.2, 0.25) is 0 Å². The Labute approximate surface area is 125 Å². The Morgan fingerprint density at radius 2 is 2.19 bits per heavy atom. The number of aromatic nitrogens is 4. The van der Waals surface area contributed by atoms with E-state index in [1.807, 2.05) is 26.0 Å². The van der Waals surface area contributed by atoms with Crippen molar-refractivity contribution in [2.75, 3.05) is 0 Å². The summed E-state index contributed by atoms with van der Waals surface area (Å²) in [5.74, 6) is 0.637. The van der Waals surface area contributed by atoms with Crippen molar-refractivity contribution in [1.29, 1.82) is 0 Å². The Morgan fingerprint density at radius 3 is 2.95 bits per heavy atom. The smallest absolute Gasteiger partial charge is 0.259 e. The van der Waals surface area contributed by atoms with Crippen LogP contribution in [0.3, 0.4) is 0 Å². The molecule has 21 heavy (non-hydrogen) atoms. The molecule has 6 nitrogen and oxygen atoms in total. The molecule has 0 unspecified atom stereocenters. The number of nitrogens with zero attached hydrogens (tertiary/aromatic N) is 3. The number of hydrogen-bond acceptors (Lipinski definition) is 6. The van der Waals surface area contributed by atoms with Gasteiger partial charge in [-0.25, -0.2) is 4.98 Å². The predicted molar refractivity (Wildman–Crippen MR) is 82.3 cm³/mol. The van der Waals surface area contributed by atoms with E-state index in [-0.39, 0.29) is 5.56 Å². The molecule has 0 amide bonds. The van der Waals surface area contributed by atoms with Gasteiger partial charge in [-0.15, -0.1) is 11.3 Å². The maximum atomic E-state index is 12.1. The quantitative estimate of drug-likeness (QED) is 0.766. The van der Waals surface area contributed by atoms with E-state index < -0.39 is 0 Å². The topological polar surface area (TPSA) is 83.6 Å². The van der Waals surface area contributed by atoms with Gasteiger partial charge in [-0.2, -0.15) is 10.2 Å². The number of fused-ring (bicyclic) bond motifs is 1. The molecule has 0 aromatic carbocycles. The molecule has 0 radical (unpaired) electrons. The van der Waals surface area contributed by atoms with Crippen LogP contribution in [0.1, 0.15) is 22.0 Å². The summed E-state index contributed by atoms with van der Waals surface area (Å²) in [6.07, 6.45) is 1.64. The zero-order chi connectivity index (χ0) is 14.8. The number of aryl methyl sites for hydroxylation is 2. The Hall–Kier alpha value is -2.12. The van der Waals surface area contributed by atoms with E-state index in [9.17, 15) is 4.79 Å². The number of thiophene rings is 1. The van der Waals surface area contributed by atoms with Crippen molar-refractivity contribution < 1.29 is 0 Å². The molecule has 0 atom stereocenters.